The van der Waals surface area contributed by atoms with Crippen LogP contribution in [-0.4, -0.2) is 23.9 Å². The van der Waals surface area contributed by atoms with Crippen LogP contribution in [0, 0.1) is 5.41 Å². The molecule has 90 valence electrons. The molecule has 0 saturated heterocycles. The molecule has 5 nitrogen and oxygen atoms in total. The third-order valence-electron chi connectivity index (χ3n) is 2.06. The third kappa shape index (κ3) is 3.34. The average molecular weight is 233 g/mol. The maximum atomic E-state index is 9.51. The standard InChI is InChI=1S/C12H15N3O2/c1-7(2)11(13)15-9-4-8(12(14)17-3)5-10(16)6-9/h4-6,14,16H,1H2,2-3H3,(H2,13,15). The maximum Gasteiger partial charge on any atom is 0.213 e. The fraction of sp³-hybridized carbons (Fsp3) is 0.167. The molecule has 1 aromatic carbocycles. The Morgan fingerprint density at radius 2 is 2.12 bits per heavy atom. The van der Waals surface area contributed by atoms with Crippen LogP contribution < -0.4 is 5.73 Å². The molecule has 0 unspecified atom stereocenters. The van der Waals surface area contributed by atoms with Crippen LogP contribution in [0.4, 0.5) is 5.69 Å². The van der Waals surface area contributed by atoms with Gasteiger partial charge in [-0.1, -0.05) is 6.58 Å². The first kappa shape index (κ1) is 12.8. The lowest BCUT2D eigenvalue weighted by Crippen LogP contribution is -2.11. The number of methoxy groups -OCH3 is 1. The zero-order valence-corrected chi connectivity index (χ0v) is 9.82. The van der Waals surface area contributed by atoms with E-state index in [0.29, 0.717) is 16.8 Å². The summed E-state index contributed by atoms with van der Waals surface area (Å²) in [6.45, 7) is 5.40. The molecule has 0 spiro atoms. The van der Waals surface area contributed by atoms with Gasteiger partial charge in [0.05, 0.1) is 12.8 Å². The van der Waals surface area contributed by atoms with Crippen molar-refractivity contribution in [3.8, 4) is 5.75 Å². The molecule has 0 atom stereocenters. The highest BCUT2D eigenvalue weighted by molar-refractivity contribution is 5.98. The second-order valence-corrected chi connectivity index (χ2v) is 3.55. The Morgan fingerprint density at radius 3 is 2.65 bits per heavy atom. The van der Waals surface area contributed by atoms with Gasteiger partial charge in [0.1, 0.15) is 11.6 Å². The molecule has 0 aromatic heterocycles. The Kier molecular flexibility index (Phi) is 3.87. The summed E-state index contributed by atoms with van der Waals surface area (Å²) in [5.74, 6) is 0.231. The molecule has 0 fully saturated rings. The molecule has 4 N–H and O–H groups in total. The van der Waals surface area contributed by atoms with Gasteiger partial charge < -0.3 is 15.6 Å². The summed E-state index contributed by atoms with van der Waals surface area (Å²) in [6, 6.07) is 4.46. The Balaban J connectivity index is 3.18. The Bertz CT molecular complexity index is 493. The van der Waals surface area contributed by atoms with Crippen molar-refractivity contribution in [1.82, 2.24) is 0 Å². The van der Waals surface area contributed by atoms with Gasteiger partial charge in [0.25, 0.3) is 0 Å². The van der Waals surface area contributed by atoms with Crippen LogP contribution in [0.3, 0.4) is 0 Å². The molecule has 5 heteroatoms. The summed E-state index contributed by atoms with van der Waals surface area (Å²) >= 11 is 0. The summed E-state index contributed by atoms with van der Waals surface area (Å²) in [7, 11) is 1.39. The minimum atomic E-state index is -0.0498. The Labute approximate surface area is 99.8 Å². The van der Waals surface area contributed by atoms with Gasteiger partial charge in [-0.25, -0.2) is 4.99 Å². The van der Waals surface area contributed by atoms with Crippen molar-refractivity contribution < 1.29 is 9.84 Å². The zero-order valence-electron chi connectivity index (χ0n) is 9.82. The molecule has 1 rings (SSSR count). The lowest BCUT2D eigenvalue weighted by molar-refractivity contribution is 0.400. The van der Waals surface area contributed by atoms with Crippen LogP contribution in [0.1, 0.15) is 12.5 Å². The molecule has 0 radical (unpaired) electrons. The number of nitrogens with two attached hydrogens (primary N) is 1. The lowest BCUT2D eigenvalue weighted by atomic mass is 10.2. The molecule has 17 heavy (non-hydrogen) atoms. The number of phenolic OH excluding ortho intramolecular Hbond substituents is 1. The highest BCUT2D eigenvalue weighted by Crippen LogP contribution is 2.23. The van der Waals surface area contributed by atoms with E-state index >= 15 is 0 Å². The van der Waals surface area contributed by atoms with Crippen molar-refractivity contribution in [3.63, 3.8) is 0 Å². The molecular weight excluding hydrogens is 218 g/mol. The number of aliphatic imine (C=N–C) groups is 1. The summed E-state index contributed by atoms with van der Waals surface area (Å²) in [4.78, 5) is 4.08. The van der Waals surface area contributed by atoms with E-state index < -0.39 is 0 Å². The quantitative estimate of drug-likeness (QED) is 0.550. The average Bonchev–Trinajstić information content (AvgIpc) is 2.26. The number of hydrogen-bond donors (Lipinski definition) is 3. The van der Waals surface area contributed by atoms with E-state index in [1.165, 1.54) is 19.2 Å². The molecule has 0 aliphatic rings. The van der Waals surface area contributed by atoms with Gasteiger partial charge in [0.2, 0.25) is 5.90 Å². The summed E-state index contributed by atoms with van der Waals surface area (Å²) in [6.07, 6.45) is 0. The topological polar surface area (TPSA) is 91.7 Å². The maximum absolute atomic E-state index is 9.51. The van der Waals surface area contributed by atoms with Gasteiger partial charge in [0, 0.05) is 11.6 Å². The number of nitrogens with one attached hydrogen (secondary N) is 1. The van der Waals surface area contributed by atoms with Crippen LogP contribution in [0.25, 0.3) is 0 Å². The molecule has 0 heterocycles. The van der Waals surface area contributed by atoms with Gasteiger partial charge in [-0.15, -0.1) is 0 Å². The minimum Gasteiger partial charge on any atom is -0.508 e. The summed E-state index contributed by atoms with van der Waals surface area (Å²) in [5, 5.41) is 17.0. The molecule has 0 bridgehead atoms. The number of phenols is 1. The molecule has 1 aromatic rings. The van der Waals surface area contributed by atoms with E-state index in [0.717, 1.165) is 0 Å². The molecule has 0 aliphatic heterocycles. The van der Waals surface area contributed by atoms with Crippen LogP contribution in [0.15, 0.2) is 35.3 Å². The van der Waals surface area contributed by atoms with Crippen molar-refractivity contribution >= 4 is 17.4 Å². The lowest BCUT2D eigenvalue weighted by Gasteiger charge is -2.05. The molecular formula is C12H15N3O2. The Hall–Kier alpha value is -2.30. The molecule has 0 amide bonds. The van der Waals surface area contributed by atoms with Crippen LogP contribution in [0.2, 0.25) is 0 Å². The zero-order chi connectivity index (χ0) is 13.0. The number of hydrogen-bond acceptors (Lipinski definition) is 4. The molecule has 0 aliphatic carbocycles. The van der Waals surface area contributed by atoms with Gasteiger partial charge in [-0.3, -0.25) is 5.41 Å². The van der Waals surface area contributed by atoms with Crippen LogP contribution >= 0.6 is 0 Å². The van der Waals surface area contributed by atoms with Crippen molar-refractivity contribution in [1.29, 1.82) is 5.41 Å². The van der Waals surface area contributed by atoms with Crippen LogP contribution in [0.5, 0.6) is 5.75 Å². The van der Waals surface area contributed by atoms with E-state index in [9.17, 15) is 5.11 Å². The molecule has 0 saturated carbocycles. The predicted octanol–water partition coefficient (Wildman–Crippen LogP) is 1.93. The van der Waals surface area contributed by atoms with E-state index in [4.69, 9.17) is 15.9 Å². The van der Waals surface area contributed by atoms with Gasteiger partial charge in [-0.2, -0.15) is 0 Å². The largest absolute Gasteiger partial charge is 0.508 e. The highest BCUT2D eigenvalue weighted by Gasteiger charge is 2.05. The number of amidine groups is 1. The Morgan fingerprint density at radius 1 is 1.47 bits per heavy atom. The van der Waals surface area contributed by atoms with Crippen molar-refractivity contribution in [2.75, 3.05) is 7.11 Å². The normalized spacial score (nSPS) is 11.1. The van der Waals surface area contributed by atoms with Gasteiger partial charge in [-0.05, 0) is 24.6 Å². The summed E-state index contributed by atoms with van der Waals surface area (Å²) in [5.41, 5.74) is 7.15. The fourth-order valence-corrected chi connectivity index (χ4v) is 1.14. The van der Waals surface area contributed by atoms with Gasteiger partial charge >= 0.3 is 0 Å². The second kappa shape index (κ2) is 5.16. The van der Waals surface area contributed by atoms with Gasteiger partial charge in [0.15, 0.2) is 0 Å². The van der Waals surface area contributed by atoms with E-state index in [-0.39, 0.29) is 17.5 Å². The smallest absolute Gasteiger partial charge is 0.213 e. The number of aromatic hydroxyl groups is 1. The SMILES string of the molecule is C=C(C)C(N)=Nc1cc(O)cc(C(=N)OC)c1. The van der Waals surface area contributed by atoms with E-state index in [1.54, 1.807) is 13.0 Å². The fourth-order valence-electron chi connectivity index (χ4n) is 1.14. The minimum absolute atomic E-state index is 0.00225. The van der Waals surface area contributed by atoms with E-state index in [2.05, 4.69) is 11.6 Å². The van der Waals surface area contributed by atoms with Crippen molar-refractivity contribution in [3.05, 3.63) is 35.9 Å². The second-order valence-electron chi connectivity index (χ2n) is 3.55. The van der Waals surface area contributed by atoms with Crippen molar-refractivity contribution in [2.45, 2.75) is 6.92 Å². The van der Waals surface area contributed by atoms with Crippen LogP contribution in [-0.2, 0) is 4.74 Å². The first-order valence-electron chi connectivity index (χ1n) is 4.91. The first-order chi connectivity index (χ1) is 7.93. The number of benzene rings is 1. The number of nitrogens with zero attached hydrogens (tertiary/aromatic N) is 1. The highest BCUT2D eigenvalue weighted by atomic mass is 16.5. The monoisotopic (exact) mass is 233 g/mol. The first-order valence-corrected chi connectivity index (χ1v) is 4.91. The van der Waals surface area contributed by atoms with Crippen molar-refractivity contribution in [2.24, 2.45) is 10.7 Å². The number of ether oxygens (including phenoxy) is 1. The number of rotatable bonds is 3. The van der Waals surface area contributed by atoms with E-state index in [1.807, 2.05) is 0 Å². The third-order valence-corrected chi connectivity index (χ3v) is 2.06. The predicted molar refractivity (Wildman–Crippen MR) is 68.0 cm³/mol. The summed E-state index contributed by atoms with van der Waals surface area (Å²) < 4.78 is 4.77.